The van der Waals surface area contributed by atoms with Crippen LogP contribution in [0.1, 0.15) is 20.3 Å². The molecule has 0 spiro atoms. The van der Waals surface area contributed by atoms with E-state index in [1.54, 1.807) is 13.8 Å². The smallest absolute Gasteiger partial charge is 0.467 e. The summed E-state index contributed by atoms with van der Waals surface area (Å²) in [6.45, 7) is 2.80. The Morgan fingerprint density at radius 1 is 1.24 bits per heavy atom. The minimum absolute atomic E-state index is 0.0286. The monoisotopic (exact) mass is 504 g/mol. The van der Waals surface area contributed by atoms with Crippen LogP contribution in [0.25, 0.3) is 0 Å². The van der Waals surface area contributed by atoms with Crippen LogP contribution in [0.3, 0.4) is 0 Å². The van der Waals surface area contributed by atoms with E-state index in [2.05, 4.69) is 30.7 Å². The second-order valence-electron chi connectivity index (χ2n) is 6.24. The number of rotatable bonds is 9. The van der Waals surface area contributed by atoms with Gasteiger partial charge in [0.1, 0.15) is 10.9 Å². The fourth-order valence-corrected chi connectivity index (χ4v) is 3.65. The number of alkyl halides is 3. The number of halogens is 4. The molecule has 0 aliphatic rings. The molecule has 0 fully saturated rings. The number of amides is 1. The van der Waals surface area contributed by atoms with E-state index in [9.17, 15) is 31.2 Å². The summed E-state index contributed by atoms with van der Waals surface area (Å²) in [5.74, 6) is -2.50. The quantitative estimate of drug-likeness (QED) is 0.499. The molecule has 2 N–H and O–H groups in total. The van der Waals surface area contributed by atoms with Crippen molar-refractivity contribution in [1.29, 1.82) is 0 Å². The lowest BCUT2D eigenvalue weighted by molar-refractivity contribution is -0.275. The van der Waals surface area contributed by atoms with Crippen molar-refractivity contribution >= 4 is 37.8 Å². The second-order valence-corrected chi connectivity index (χ2v) is 8.89. The van der Waals surface area contributed by atoms with Gasteiger partial charge in [-0.1, -0.05) is 29.8 Å². The standard InChI is InChI=1S/C16H20BrF3N2O6S/c1-9(2)6-11(15(24)27-3)22-14(23)8-21-29(25,26)13-5-4-10(17)7-12(13)28-16(18,19)20/h4-5,7,9,11,21H,6,8H2,1-3H3,(H,22,23). The molecule has 1 atom stereocenters. The van der Waals surface area contributed by atoms with Crippen molar-refractivity contribution < 1.29 is 40.7 Å². The Bertz CT molecular complexity index is 846. The Morgan fingerprint density at radius 2 is 1.86 bits per heavy atom. The van der Waals surface area contributed by atoms with Crippen molar-refractivity contribution in [3.05, 3.63) is 22.7 Å². The van der Waals surface area contributed by atoms with Crippen LogP contribution >= 0.6 is 15.9 Å². The number of sulfonamides is 1. The Labute approximate surface area is 174 Å². The van der Waals surface area contributed by atoms with E-state index in [1.807, 2.05) is 4.72 Å². The molecule has 0 saturated carbocycles. The van der Waals surface area contributed by atoms with Crippen LogP contribution in [0.4, 0.5) is 13.2 Å². The first kappa shape index (κ1) is 25.2. The number of hydrogen-bond donors (Lipinski definition) is 2. The molecule has 1 rings (SSSR count). The van der Waals surface area contributed by atoms with Gasteiger partial charge in [0.25, 0.3) is 0 Å². The van der Waals surface area contributed by atoms with E-state index in [-0.39, 0.29) is 16.8 Å². The number of esters is 1. The molecule has 1 aromatic carbocycles. The lowest BCUT2D eigenvalue weighted by atomic mass is 10.0. The summed E-state index contributed by atoms with van der Waals surface area (Å²) in [5.41, 5.74) is 0. The van der Waals surface area contributed by atoms with E-state index in [0.717, 1.165) is 19.2 Å². The summed E-state index contributed by atoms with van der Waals surface area (Å²) in [6, 6.07) is 1.93. The van der Waals surface area contributed by atoms with Gasteiger partial charge in [0.2, 0.25) is 15.9 Å². The molecule has 0 bridgehead atoms. The molecule has 1 unspecified atom stereocenters. The topological polar surface area (TPSA) is 111 Å². The van der Waals surface area contributed by atoms with Crippen molar-refractivity contribution in [2.75, 3.05) is 13.7 Å². The van der Waals surface area contributed by atoms with Gasteiger partial charge in [-0.2, -0.15) is 0 Å². The van der Waals surface area contributed by atoms with Gasteiger partial charge in [-0.15, -0.1) is 13.2 Å². The Kier molecular flexibility index (Phi) is 8.90. The summed E-state index contributed by atoms with van der Waals surface area (Å²) in [7, 11) is -3.39. The second kappa shape index (κ2) is 10.3. The lowest BCUT2D eigenvalue weighted by Gasteiger charge is -2.18. The first-order valence-corrected chi connectivity index (χ1v) is 10.4. The summed E-state index contributed by atoms with van der Waals surface area (Å²) >= 11 is 2.93. The van der Waals surface area contributed by atoms with Gasteiger partial charge >= 0.3 is 12.3 Å². The molecule has 0 aromatic heterocycles. The highest BCUT2D eigenvalue weighted by Gasteiger charge is 2.34. The van der Waals surface area contributed by atoms with Crippen molar-refractivity contribution in [1.82, 2.24) is 10.0 Å². The van der Waals surface area contributed by atoms with Crippen LogP contribution in [0, 0.1) is 5.92 Å². The van der Waals surface area contributed by atoms with Gasteiger partial charge < -0.3 is 14.8 Å². The summed E-state index contributed by atoms with van der Waals surface area (Å²) < 4.78 is 72.7. The zero-order valence-electron chi connectivity index (χ0n) is 15.7. The number of carbonyl (C=O) groups excluding carboxylic acids is 2. The number of hydrogen-bond acceptors (Lipinski definition) is 6. The van der Waals surface area contributed by atoms with Crippen molar-refractivity contribution in [2.45, 2.75) is 37.6 Å². The van der Waals surface area contributed by atoms with E-state index in [0.29, 0.717) is 0 Å². The molecule has 0 aliphatic heterocycles. The molecule has 29 heavy (non-hydrogen) atoms. The van der Waals surface area contributed by atoms with Crippen LogP contribution < -0.4 is 14.8 Å². The van der Waals surface area contributed by atoms with Gasteiger partial charge in [-0.3, -0.25) is 4.79 Å². The Morgan fingerprint density at radius 3 is 2.38 bits per heavy atom. The van der Waals surface area contributed by atoms with E-state index >= 15 is 0 Å². The summed E-state index contributed by atoms with van der Waals surface area (Å²) in [4.78, 5) is 22.9. The third-order valence-corrected chi connectivity index (χ3v) is 5.31. The van der Waals surface area contributed by atoms with Crippen molar-refractivity contribution in [3.8, 4) is 5.75 Å². The molecule has 1 amide bonds. The molecule has 0 aliphatic carbocycles. The molecule has 0 saturated heterocycles. The minimum Gasteiger partial charge on any atom is -0.467 e. The number of nitrogens with one attached hydrogen (secondary N) is 2. The first-order chi connectivity index (χ1) is 13.2. The molecule has 1 aromatic rings. The average Bonchev–Trinajstić information content (AvgIpc) is 2.56. The highest BCUT2D eigenvalue weighted by atomic mass is 79.9. The molecular weight excluding hydrogens is 485 g/mol. The first-order valence-electron chi connectivity index (χ1n) is 8.17. The minimum atomic E-state index is -5.12. The van der Waals surface area contributed by atoms with Crippen LogP contribution in [0.15, 0.2) is 27.6 Å². The number of methoxy groups -OCH3 is 1. The normalized spacial score (nSPS) is 13.1. The maximum Gasteiger partial charge on any atom is 0.573 e. The number of ether oxygens (including phenoxy) is 2. The summed E-state index contributed by atoms with van der Waals surface area (Å²) in [6.07, 6.45) is -4.87. The molecule has 0 heterocycles. The number of benzene rings is 1. The molecular formula is C16H20BrF3N2O6S. The fraction of sp³-hybridized carbons (Fsp3) is 0.500. The summed E-state index contributed by atoms with van der Waals surface area (Å²) in [5, 5.41) is 2.33. The molecule has 8 nitrogen and oxygen atoms in total. The molecule has 164 valence electrons. The van der Waals surface area contributed by atoms with E-state index in [1.165, 1.54) is 6.07 Å². The SMILES string of the molecule is COC(=O)C(CC(C)C)NC(=O)CNS(=O)(=O)c1ccc(Br)cc1OC(F)(F)F. The molecule has 0 radical (unpaired) electrons. The van der Waals surface area contributed by atoms with Gasteiger partial charge in [-0.05, 0) is 30.5 Å². The van der Waals surface area contributed by atoms with Gasteiger partial charge in [0, 0.05) is 4.47 Å². The third-order valence-electron chi connectivity index (χ3n) is 3.37. The van der Waals surface area contributed by atoms with Crippen LogP contribution in [-0.4, -0.2) is 46.4 Å². The van der Waals surface area contributed by atoms with Crippen LogP contribution in [0.5, 0.6) is 5.75 Å². The van der Waals surface area contributed by atoms with Gasteiger partial charge in [0.15, 0.2) is 5.75 Å². The number of carbonyl (C=O) groups is 2. The Balaban J connectivity index is 2.93. The van der Waals surface area contributed by atoms with Crippen molar-refractivity contribution in [2.24, 2.45) is 5.92 Å². The maximum atomic E-state index is 12.6. The largest absolute Gasteiger partial charge is 0.573 e. The van der Waals surface area contributed by atoms with Crippen LogP contribution in [0.2, 0.25) is 0 Å². The van der Waals surface area contributed by atoms with Crippen molar-refractivity contribution in [3.63, 3.8) is 0 Å². The zero-order valence-corrected chi connectivity index (χ0v) is 18.1. The predicted octanol–water partition coefficient (Wildman–Crippen LogP) is 2.33. The van der Waals surface area contributed by atoms with E-state index < -0.39 is 51.5 Å². The third kappa shape index (κ3) is 8.58. The van der Waals surface area contributed by atoms with Gasteiger partial charge in [0.05, 0.1) is 13.7 Å². The van der Waals surface area contributed by atoms with Gasteiger partial charge in [-0.25, -0.2) is 17.9 Å². The zero-order chi connectivity index (χ0) is 22.4. The highest BCUT2D eigenvalue weighted by molar-refractivity contribution is 9.10. The fourth-order valence-electron chi connectivity index (χ4n) is 2.22. The maximum absolute atomic E-state index is 12.6. The van der Waals surface area contributed by atoms with Crippen LogP contribution in [-0.2, 0) is 24.3 Å². The predicted molar refractivity (Wildman–Crippen MR) is 99.4 cm³/mol. The lowest BCUT2D eigenvalue weighted by Crippen LogP contribution is -2.46. The molecule has 13 heteroatoms. The Hall–Kier alpha value is -1.86. The average molecular weight is 505 g/mol. The highest BCUT2D eigenvalue weighted by Crippen LogP contribution is 2.32. The van der Waals surface area contributed by atoms with E-state index in [4.69, 9.17) is 0 Å².